The van der Waals surface area contributed by atoms with Gasteiger partial charge in [0.15, 0.2) is 0 Å². The third kappa shape index (κ3) is 4.88. The van der Waals surface area contributed by atoms with Crippen molar-refractivity contribution in [2.45, 2.75) is 6.92 Å². The number of nitrogens with one attached hydrogen (secondary N) is 1. The monoisotopic (exact) mass is 547 g/mol. The first kappa shape index (κ1) is 25.1. The van der Waals surface area contributed by atoms with Crippen LogP contribution < -0.4 is 15.1 Å². The van der Waals surface area contributed by atoms with Crippen LogP contribution >= 0.6 is 46.4 Å². The molecule has 178 valence electrons. The van der Waals surface area contributed by atoms with Gasteiger partial charge < -0.3 is 10.2 Å². The average Bonchev–Trinajstić information content (AvgIpc) is 3.06. The molecule has 1 N–H and O–H groups in total. The van der Waals surface area contributed by atoms with Crippen LogP contribution in [0, 0.1) is 0 Å². The number of hydrogen-bond acceptors (Lipinski definition) is 4. The number of rotatable bonds is 6. The van der Waals surface area contributed by atoms with Crippen molar-refractivity contribution in [2.24, 2.45) is 0 Å². The molecule has 0 aliphatic carbocycles. The fraction of sp³-hybridized carbons (Fsp3) is 0.0800. The summed E-state index contributed by atoms with van der Waals surface area (Å²) in [6.07, 6.45) is 0. The first-order valence-electron chi connectivity index (χ1n) is 10.4. The zero-order valence-corrected chi connectivity index (χ0v) is 21.2. The van der Waals surface area contributed by atoms with E-state index in [1.165, 1.54) is 12.1 Å². The van der Waals surface area contributed by atoms with E-state index in [0.29, 0.717) is 17.8 Å². The van der Waals surface area contributed by atoms with Gasteiger partial charge in [-0.05, 0) is 49.4 Å². The van der Waals surface area contributed by atoms with Gasteiger partial charge in [0.25, 0.3) is 17.7 Å². The molecule has 0 bridgehead atoms. The summed E-state index contributed by atoms with van der Waals surface area (Å²) in [6, 6.07) is 18.5. The summed E-state index contributed by atoms with van der Waals surface area (Å²) < 4.78 is 0. The first-order chi connectivity index (χ1) is 16.7. The highest BCUT2D eigenvalue weighted by Crippen LogP contribution is 2.38. The first-order valence-corrected chi connectivity index (χ1v) is 11.9. The molecule has 3 aromatic carbocycles. The second kappa shape index (κ2) is 10.3. The number of halogens is 4. The molecule has 4 rings (SSSR count). The van der Waals surface area contributed by atoms with E-state index in [4.69, 9.17) is 46.4 Å². The van der Waals surface area contributed by atoms with Crippen LogP contribution in [-0.4, -0.2) is 24.3 Å². The molecule has 1 aliphatic heterocycles. The van der Waals surface area contributed by atoms with E-state index < -0.39 is 11.8 Å². The maximum atomic E-state index is 13.2. The number of hydrogen-bond donors (Lipinski definition) is 1. The molecule has 0 spiro atoms. The standard InChI is InChI=1S/C25H17Cl4N3O3/c1-2-31(16-9-4-3-5-10-16)23(33)14-7-6-8-15(11-14)30-22-21(29)24(34)32(25(22)35)20-13-18(27)17(26)12-19(20)28/h3-13,30H,2H2,1H3. The predicted molar refractivity (Wildman–Crippen MR) is 141 cm³/mol. The Morgan fingerprint density at radius 3 is 2.23 bits per heavy atom. The molecule has 0 radical (unpaired) electrons. The van der Waals surface area contributed by atoms with Gasteiger partial charge in [0, 0.05) is 23.5 Å². The maximum Gasteiger partial charge on any atom is 0.283 e. The lowest BCUT2D eigenvalue weighted by Crippen LogP contribution is -2.32. The lowest BCUT2D eigenvalue weighted by atomic mass is 10.1. The topological polar surface area (TPSA) is 69.7 Å². The number of carbonyl (C=O) groups is 3. The Kier molecular flexibility index (Phi) is 7.38. The van der Waals surface area contributed by atoms with Crippen molar-refractivity contribution >= 4 is 81.2 Å². The fourth-order valence-corrected chi connectivity index (χ4v) is 4.43. The summed E-state index contributed by atoms with van der Waals surface area (Å²) in [7, 11) is 0. The molecule has 3 aromatic rings. The molecule has 1 aliphatic rings. The van der Waals surface area contributed by atoms with Gasteiger partial charge in [0.05, 0.1) is 20.8 Å². The molecule has 0 fully saturated rings. The van der Waals surface area contributed by atoms with E-state index in [9.17, 15) is 14.4 Å². The Hall–Kier alpha value is -3.03. The van der Waals surface area contributed by atoms with E-state index in [1.54, 1.807) is 29.2 Å². The van der Waals surface area contributed by atoms with E-state index >= 15 is 0 Å². The van der Waals surface area contributed by atoms with Gasteiger partial charge in [0.1, 0.15) is 10.7 Å². The van der Waals surface area contributed by atoms with Crippen LogP contribution in [0.1, 0.15) is 17.3 Å². The number of amides is 3. The Morgan fingerprint density at radius 1 is 0.857 bits per heavy atom. The van der Waals surface area contributed by atoms with Crippen LogP contribution in [0.25, 0.3) is 0 Å². The molecule has 6 nitrogen and oxygen atoms in total. The van der Waals surface area contributed by atoms with Gasteiger partial charge in [-0.15, -0.1) is 0 Å². The van der Waals surface area contributed by atoms with E-state index in [0.717, 1.165) is 10.6 Å². The smallest absolute Gasteiger partial charge is 0.283 e. The largest absolute Gasteiger partial charge is 0.350 e. The van der Waals surface area contributed by atoms with Gasteiger partial charge >= 0.3 is 0 Å². The third-order valence-corrected chi connectivity index (χ3v) is 6.64. The molecule has 0 atom stereocenters. The number of para-hydroxylation sites is 1. The summed E-state index contributed by atoms with van der Waals surface area (Å²) in [6.45, 7) is 2.34. The van der Waals surface area contributed by atoms with Crippen LogP contribution in [0.2, 0.25) is 15.1 Å². The molecular formula is C25H17Cl4N3O3. The number of imide groups is 1. The Bertz CT molecular complexity index is 1380. The van der Waals surface area contributed by atoms with E-state index in [2.05, 4.69) is 5.32 Å². The summed E-state index contributed by atoms with van der Waals surface area (Å²) in [4.78, 5) is 41.6. The van der Waals surface area contributed by atoms with Gasteiger partial charge in [-0.2, -0.15) is 0 Å². The lowest BCUT2D eigenvalue weighted by molar-refractivity contribution is -0.120. The minimum atomic E-state index is -0.770. The van der Waals surface area contributed by atoms with Gasteiger partial charge in [0.2, 0.25) is 0 Å². The van der Waals surface area contributed by atoms with Crippen molar-refractivity contribution in [3.05, 3.63) is 98.1 Å². The number of benzene rings is 3. The van der Waals surface area contributed by atoms with Crippen LogP contribution in [0.4, 0.5) is 17.1 Å². The Labute approximate surface area is 221 Å². The van der Waals surface area contributed by atoms with Crippen molar-refractivity contribution in [3.63, 3.8) is 0 Å². The maximum absolute atomic E-state index is 13.2. The highest BCUT2D eigenvalue weighted by molar-refractivity contribution is 6.54. The minimum Gasteiger partial charge on any atom is -0.350 e. The van der Waals surface area contributed by atoms with Crippen LogP contribution in [-0.2, 0) is 9.59 Å². The minimum absolute atomic E-state index is 0.0522. The fourth-order valence-electron chi connectivity index (χ4n) is 3.60. The number of nitrogens with zero attached hydrogens (tertiary/aromatic N) is 2. The normalized spacial score (nSPS) is 13.5. The lowest BCUT2D eigenvalue weighted by Gasteiger charge is -2.21. The predicted octanol–water partition coefficient (Wildman–Crippen LogP) is 6.75. The van der Waals surface area contributed by atoms with Gasteiger partial charge in [-0.3, -0.25) is 14.4 Å². The SMILES string of the molecule is CCN(C(=O)c1cccc(NC2=C(Cl)C(=O)N(c3cc(Cl)c(Cl)cc3Cl)C2=O)c1)c1ccccc1. The molecule has 0 aromatic heterocycles. The third-order valence-electron chi connectivity index (χ3n) is 5.27. The molecule has 1 heterocycles. The summed E-state index contributed by atoms with van der Waals surface area (Å²) in [5, 5.41) is 2.90. The van der Waals surface area contributed by atoms with Crippen LogP contribution in [0.5, 0.6) is 0 Å². The van der Waals surface area contributed by atoms with E-state index in [1.807, 2.05) is 37.3 Å². The molecule has 0 unspecified atom stereocenters. The second-order valence-corrected chi connectivity index (χ2v) is 9.04. The Morgan fingerprint density at radius 2 is 1.54 bits per heavy atom. The van der Waals surface area contributed by atoms with Crippen LogP contribution in [0.15, 0.2) is 77.5 Å². The molecular weight excluding hydrogens is 532 g/mol. The zero-order chi connectivity index (χ0) is 25.3. The summed E-state index contributed by atoms with van der Waals surface area (Å²) >= 11 is 24.4. The molecule has 0 saturated carbocycles. The summed E-state index contributed by atoms with van der Waals surface area (Å²) in [5.41, 5.74) is 1.44. The van der Waals surface area contributed by atoms with Crippen molar-refractivity contribution in [3.8, 4) is 0 Å². The van der Waals surface area contributed by atoms with Crippen molar-refractivity contribution in [2.75, 3.05) is 21.7 Å². The Balaban J connectivity index is 1.61. The number of carbonyl (C=O) groups excluding carboxylic acids is 3. The van der Waals surface area contributed by atoms with Crippen LogP contribution in [0.3, 0.4) is 0 Å². The van der Waals surface area contributed by atoms with Crippen molar-refractivity contribution in [1.82, 2.24) is 0 Å². The quantitative estimate of drug-likeness (QED) is 0.273. The second-order valence-electron chi connectivity index (χ2n) is 7.44. The number of anilines is 3. The average molecular weight is 549 g/mol. The molecule has 10 heteroatoms. The highest BCUT2D eigenvalue weighted by Gasteiger charge is 2.40. The highest BCUT2D eigenvalue weighted by atomic mass is 35.5. The summed E-state index contributed by atoms with van der Waals surface area (Å²) in [5.74, 6) is -1.72. The molecule has 3 amide bonds. The molecule has 35 heavy (non-hydrogen) atoms. The molecule has 0 saturated heterocycles. The zero-order valence-electron chi connectivity index (χ0n) is 18.2. The van der Waals surface area contributed by atoms with Crippen molar-refractivity contribution in [1.29, 1.82) is 0 Å². The van der Waals surface area contributed by atoms with Gasteiger partial charge in [-0.1, -0.05) is 70.7 Å². The van der Waals surface area contributed by atoms with E-state index in [-0.39, 0.29) is 37.4 Å². The van der Waals surface area contributed by atoms with Gasteiger partial charge in [-0.25, -0.2) is 4.90 Å². The van der Waals surface area contributed by atoms with Crippen molar-refractivity contribution < 1.29 is 14.4 Å².